The van der Waals surface area contributed by atoms with Gasteiger partial charge in [0.2, 0.25) is 0 Å². The maximum absolute atomic E-state index is 13.1. The molecule has 108 valence electrons. The SMILES string of the molecule is CCSC(=N)c1ccc2c(c1)C(c1ccc(F)cc1)OC2. The number of nitrogens with one attached hydrogen (secondary N) is 1. The summed E-state index contributed by atoms with van der Waals surface area (Å²) in [6, 6.07) is 12.5. The van der Waals surface area contributed by atoms with Crippen molar-refractivity contribution in [3.8, 4) is 0 Å². The minimum Gasteiger partial charge on any atom is -0.364 e. The molecule has 2 aromatic carbocycles. The fourth-order valence-electron chi connectivity index (χ4n) is 2.52. The number of benzene rings is 2. The van der Waals surface area contributed by atoms with Crippen molar-refractivity contribution in [3.63, 3.8) is 0 Å². The number of halogens is 1. The Bertz CT molecular complexity index is 669. The summed E-state index contributed by atoms with van der Waals surface area (Å²) in [6.45, 7) is 2.60. The lowest BCUT2D eigenvalue weighted by Gasteiger charge is -2.13. The van der Waals surface area contributed by atoms with Crippen LogP contribution in [0.5, 0.6) is 0 Å². The average Bonchev–Trinajstić information content (AvgIpc) is 2.91. The summed E-state index contributed by atoms with van der Waals surface area (Å²) in [5.74, 6) is 0.639. The molecule has 0 aliphatic carbocycles. The van der Waals surface area contributed by atoms with Crippen LogP contribution in [0.15, 0.2) is 42.5 Å². The normalized spacial score (nSPS) is 16.8. The Labute approximate surface area is 127 Å². The predicted molar refractivity (Wildman–Crippen MR) is 84.4 cm³/mol. The molecule has 0 amide bonds. The van der Waals surface area contributed by atoms with E-state index in [-0.39, 0.29) is 11.9 Å². The summed E-state index contributed by atoms with van der Waals surface area (Å²) >= 11 is 1.52. The van der Waals surface area contributed by atoms with Gasteiger partial charge in [-0.05, 0) is 40.6 Å². The zero-order chi connectivity index (χ0) is 14.8. The molecule has 0 aromatic heterocycles. The average molecular weight is 301 g/mol. The van der Waals surface area contributed by atoms with Gasteiger partial charge in [-0.15, -0.1) is 11.8 Å². The molecule has 1 aliphatic heterocycles. The van der Waals surface area contributed by atoms with Gasteiger partial charge < -0.3 is 4.74 Å². The standard InChI is InChI=1S/C17H16FNOS/c1-2-21-17(19)12-3-4-13-10-20-16(15(13)9-12)11-5-7-14(18)8-6-11/h3-9,16,19H,2,10H2,1H3. The van der Waals surface area contributed by atoms with E-state index in [1.165, 1.54) is 23.9 Å². The van der Waals surface area contributed by atoms with E-state index in [2.05, 4.69) is 0 Å². The molecule has 1 atom stereocenters. The van der Waals surface area contributed by atoms with Crippen molar-refractivity contribution in [2.75, 3.05) is 5.75 Å². The molecular formula is C17H16FNOS. The number of hydrogen-bond donors (Lipinski definition) is 1. The van der Waals surface area contributed by atoms with Gasteiger partial charge >= 0.3 is 0 Å². The summed E-state index contributed by atoms with van der Waals surface area (Å²) in [6.07, 6.45) is -0.167. The van der Waals surface area contributed by atoms with Gasteiger partial charge in [0.1, 0.15) is 11.9 Å². The largest absolute Gasteiger partial charge is 0.364 e. The van der Waals surface area contributed by atoms with Crippen LogP contribution < -0.4 is 0 Å². The quantitative estimate of drug-likeness (QED) is 0.667. The molecule has 2 nitrogen and oxygen atoms in total. The second kappa shape index (κ2) is 6.00. The van der Waals surface area contributed by atoms with Gasteiger partial charge in [0.05, 0.1) is 11.7 Å². The number of rotatable bonds is 3. The molecule has 1 unspecified atom stereocenters. The van der Waals surface area contributed by atoms with Gasteiger partial charge in [-0.2, -0.15) is 0 Å². The van der Waals surface area contributed by atoms with E-state index in [1.807, 2.05) is 25.1 Å². The van der Waals surface area contributed by atoms with Gasteiger partial charge in [-0.25, -0.2) is 4.39 Å². The molecule has 1 heterocycles. The van der Waals surface area contributed by atoms with Crippen molar-refractivity contribution >= 4 is 16.8 Å². The van der Waals surface area contributed by atoms with Crippen molar-refractivity contribution in [2.45, 2.75) is 19.6 Å². The zero-order valence-corrected chi connectivity index (χ0v) is 12.5. The van der Waals surface area contributed by atoms with Gasteiger partial charge in [0, 0.05) is 5.56 Å². The number of fused-ring (bicyclic) bond motifs is 1. The smallest absolute Gasteiger partial charge is 0.123 e. The van der Waals surface area contributed by atoms with Gasteiger partial charge in [-0.3, -0.25) is 5.41 Å². The van der Waals surface area contributed by atoms with Crippen molar-refractivity contribution in [1.29, 1.82) is 5.41 Å². The Kier molecular flexibility index (Phi) is 4.08. The van der Waals surface area contributed by atoms with E-state index in [1.54, 1.807) is 12.1 Å². The molecule has 0 radical (unpaired) electrons. The van der Waals surface area contributed by atoms with E-state index in [9.17, 15) is 4.39 Å². The molecule has 3 rings (SSSR count). The highest BCUT2D eigenvalue weighted by Crippen LogP contribution is 2.36. The topological polar surface area (TPSA) is 33.1 Å². The Balaban J connectivity index is 1.95. The van der Waals surface area contributed by atoms with Crippen LogP contribution in [0.3, 0.4) is 0 Å². The lowest BCUT2D eigenvalue weighted by Crippen LogP contribution is -2.01. The molecule has 0 spiro atoms. The minimum atomic E-state index is -0.244. The first-order valence-electron chi connectivity index (χ1n) is 6.90. The monoisotopic (exact) mass is 301 g/mol. The number of hydrogen-bond acceptors (Lipinski definition) is 3. The second-order valence-corrected chi connectivity index (χ2v) is 6.19. The lowest BCUT2D eigenvalue weighted by molar-refractivity contribution is 0.0939. The second-order valence-electron chi connectivity index (χ2n) is 4.92. The van der Waals surface area contributed by atoms with Crippen LogP contribution in [0.4, 0.5) is 4.39 Å². The van der Waals surface area contributed by atoms with Crippen molar-refractivity contribution in [3.05, 3.63) is 70.5 Å². The van der Waals surface area contributed by atoms with Crippen LogP contribution >= 0.6 is 11.8 Å². The molecule has 0 bridgehead atoms. The van der Waals surface area contributed by atoms with Crippen LogP contribution in [0.25, 0.3) is 0 Å². The van der Waals surface area contributed by atoms with E-state index < -0.39 is 0 Å². The first-order valence-corrected chi connectivity index (χ1v) is 7.89. The highest BCUT2D eigenvalue weighted by molar-refractivity contribution is 8.14. The third-order valence-corrected chi connectivity index (χ3v) is 4.37. The number of thioether (sulfide) groups is 1. The predicted octanol–water partition coefficient (Wildman–Crippen LogP) is 4.52. The van der Waals surface area contributed by atoms with E-state index in [0.29, 0.717) is 11.7 Å². The Morgan fingerprint density at radius 1 is 1.29 bits per heavy atom. The first kappa shape index (κ1) is 14.3. The molecule has 0 saturated heterocycles. The summed E-state index contributed by atoms with van der Waals surface area (Å²) in [7, 11) is 0. The van der Waals surface area contributed by atoms with Gasteiger partial charge in [0.15, 0.2) is 0 Å². The fourth-order valence-corrected chi connectivity index (χ4v) is 3.10. The fraction of sp³-hybridized carbons (Fsp3) is 0.235. The summed E-state index contributed by atoms with van der Waals surface area (Å²) in [4.78, 5) is 0. The highest BCUT2D eigenvalue weighted by Gasteiger charge is 2.25. The van der Waals surface area contributed by atoms with Gasteiger partial charge in [0.25, 0.3) is 0 Å². The third kappa shape index (κ3) is 2.87. The van der Waals surface area contributed by atoms with Gasteiger partial charge in [-0.1, -0.05) is 31.2 Å². The highest BCUT2D eigenvalue weighted by atomic mass is 32.2. The van der Waals surface area contributed by atoms with Crippen LogP contribution in [0.1, 0.15) is 35.3 Å². The molecule has 2 aromatic rings. The molecule has 1 N–H and O–H groups in total. The molecule has 21 heavy (non-hydrogen) atoms. The van der Waals surface area contributed by atoms with E-state index in [0.717, 1.165) is 28.0 Å². The maximum Gasteiger partial charge on any atom is 0.123 e. The first-order chi connectivity index (χ1) is 10.2. The summed E-state index contributed by atoms with van der Waals surface area (Å²) < 4.78 is 18.9. The summed E-state index contributed by atoms with van der Waals surface area (Å²) in [5, 5.41) is 8.64. The molecule has 4 heteroatoms. The maximum atomic E-state index is 13.1. The molecule has 0 fully saturated rings. The Hall–Kier alpha value is -1.65. The van der Waals surface area contributed by atoms with Crippen molar-refractivity contribution in [1.82, 2.24) is 0 Å². The van der Waals surface area contributed by atoms with Crippen molar-refractivity contribution in [2.24, 2.45) is 0 Å². The van der Waals surface area contributed by atoms with E-state index >= 15 is 0 Å². The number of ether oxygens (including phenoxy) is 1. The molecule has 0 saturated carbocycles. The lowest BCUT2D eigenvalue weighted by atomic mass is 9.97. The zero-order valence-electron chi connectivity index (χ0n) is 11.7. The Morgan fingerprint density at radius 2 is 2.05 bits per heavy atom. The van der Waals surface area contributed by atoms with Crippen LogP contribution in [-0.2, 0) is 11.3 Å². The van der Waals surface area contributed by atoms with Crippen LogP contribution in [0, 0.1) is 11.2 Å². The van der Waals surface area contributed by atoms with E-state index in [4.69, 9.17) is 10.1 Å². The molecular weight excluding hydrogens is 285 g/mol. The summed E-state index contributed by atoms with van der Waals surface area (Å²) in [5.41, 5.74) is 4.09. The minimum absolute atomic E-state index is 0.167. The van der Waals surface area contributed by atoms with Crippen LogP contribution in [-0.4, -0.2) is 10.8 Å². The third-order valence-electron chi connectivity index (χ3n) is 3.56. The molecule has 1 aliphatic rings. The van der Waals surface area contributed by atoms with Crippen LogP contribution in [0.2, 0.25) is 0 Å². The Morgan fingerprint density at radius 3 is 2.76 bits per heavy atom. The van der Waals surface area contributed by atoms with Crippen molar-refractivity contribution < 1.29 is 9.13 Å².